The highest BCUT2D eigenvalue weighted by Gasteiger charge is 2.35. The lowest BCUT2D eigenvalue weighted by Crippen LogP contribution is -2.51. The fourth-order valence-corrected chi connectivity index (χ4v) is 3.92. The second kappa shape index (κ2) is 8.91. The predicted octanol–water partition coefficient (Wildman–Crippen LogP) is 0.993. The number of likely N-dealkylation sites (tertiary alicyclic amines) is 1. The number of aliphatic hydroxyl groups is 1. The molecule has 0 radical (unpaired) electrons. The lowest BCUT2D eigenvalue weighted by atomic mass is 9.91. The van der Waals surface area contributed by atoms with Crippen LogP contribution >= 0.6 is 0 Å². The molecule has 4 rings (SSSR count). The fraction of sp³-hybridized carbons (Fsp3) is 0.409. The van der Waals surface area contributed by atoms with Crippen LogP contribution < -0.4 is 10.3 Å². The lowest BCUT2D eigenvalue weighted by molar-refractivity contribution is -0.0282. The van der Waals surface area contributed by atoms with Crippen LogP contribution in [0.2, 0.25) is 0 Å². The van der Waals surface area contributed by atoms with Crippen molar-refractivity contribution in [2.24, 2.45) is 0 Å². The van der Waals surface area contributed by atoms with E-state index in [9.17, 15) is 14.7 Å². The number of nitrogens with zero attached hydrogens (tertiary/aromatic N) is 7. The zero-order chi connectivity index (χ0) is 23.6. The number of urea groups is 1. The standard InChI is InChI=1S/C22H25N7O4/c1-26(2)21(31)27-10-7-22(32,8-11-27)14-28-15-24-19-18(20(28)30)13-25-29(19)16-3-5-17(6-4-16)33-12-9-23/h3-6,13,15,32H,7-8,10-12,14H2,1-2H3. The van der Waals surface area contributed by atoms with Crippen molar-refractivity contribution in [3.8, 4) is 17.5 Å². The number of aromatic nitrogens is 4. The molecule has 1 fully saturated rings. The normalized spacial score (nSPS) is 15.3. The molecule has 0 bridgehead atoms. The second-order valence-electron chi connectivity index (χ2n) is 8.30. The molecule has 3 heterocycles. The maximum atomic E-state index is 13.1. The molecule has 1 saturated heterocycles. The predicted molar refractivity (Wildman–Crippen MR) is 119 cm³/mol. The highest BCUT2D eigenvalue weighted by molar-refractivity contribution is 5.75. The van der Waals surface area contributed by atoms with Gasteiger partial charge in [0.1, 0.15) is 23.5 Å². The van der Waals surface area contributed by atoms with E-state index in [2.05, 4.69) is 10.1 Å². The van der Waals surface area contributed by atoms with E-state index in [-0.39, 0.29) is 24.7 Å². The van der Waals surface area contributed by atoms with Crippen LogP contribution in [-0.4, -0.2) is 79.7 Å². The molecule has 0 spiro atoms. The van der Waals surface area contributed by atoms with E-state index in [0.717, 1.165) is 0 Å². The summed E-state index contributed by atoms with van der Waals surface area (Å²) < 4.78 is 8.21. The maximum absolute atomic E-state index is 13.1. The van der Waals surface area contributed by atoms with Gasteiger partial charge >= 0.3 is 6.03 Å². The fourth-order valence-electron chi connectivity index (χ4n) is 3.92. The van der Waals surface area contributed by atoms with Gasteiger partial charge in [0.2, 0.25) is 0 Å². The largest absolute Gasteiger partial charge is 0.479 e. The van der Waals surface area contributed by atoms with Crippen LogP contribution in [0.15, 0.2) is 41.6 Å². The molecule has 11 nitrogen and oxygen atoms in total. The van der Waals surface area contributed by atoms with Gasteiger partial charge in [0.05, 0.1) is 24.0 Å². The Hall–Kier alpha value is -3.91. The first-order chi connectivity index (χ1) is 15.8. The van der Waals surface area contributed by atoms with Crippen LogP contribution in [0.3, 0.4) is 0 Å². The zero-order valence-corrected chi connectivity index (χ0v) is 18.5. The molecule has 0 atom stereocenters. The minimum atomic E-state index is -1.10. The topological polar surface area (TPSA) is 130 Å². The monoisotopic (exact) mass is 451 g/mol. The molecule has 2 amide bonds. The van der Waals surface area contributed by atoms with Gasteiger partial charge in [0, 0.05) is 27.2 Å². The molecule has 1 aliphatic heterocycles. The van der Waals surface area contributed by atoms with Gasteiger partial charge < -0.3 is 19.6 Å². The summed E-state index contributed by atoms with van der Waals surface area (Å²) in [5.74, 6) is 0.554. The summed E-state index contributed by atoms with van der Waals surface area (Å²) >= 11 is 0. The smallest absolute Gasteiger partial charge is 0.319 e. The minimum Gasteiger partial charge on any atom is -0.479 e. The molecule has 1 aromatic carbocycles. The van der Waals surface area contributed by atoms with Gasteiger partial charge in [-0.2, -0.15) is 10.4 Å². The number of ether oxygens (including phenoxy) is 1. The van der Waals surface area contributed by atoms with E-state index in [4.69, 9.17) is 10.00 Å². The van der Waals surface area contributed by atoms with Gasteiger partial charge in [-0.05, 0) is 37.1 Å². The maximum Gasteiger partial charge on any atom is 0.319 e. The molecular formula is C22H25N7O4. The molecule has 0 saturated carbocycles. The number of hydrogen-bond donors (Lipinski definition) is 1. The Morgan fingerprint density at radius 2 is 1.97 bits per heavy atom. The molecule has 33 heavy (non-hydrogen) atoms. The summed E-state index contributed by atoms with van der Waals surface area (Å²) in [6.07, 6.45) is 3.62. The number of carbonyl (C=O) groups is 1. The first kappa shape index (κ1) is 22.3. The van der Waals surface area contributed by atoms with Crippen LogP contribution in [0.5, 0.6) is 5.75 Å². The summed E-state index contributed by atoms with van der Waals surface area (Å²) in [7, 11) is 3.39. The highest BCUT2D eigenvalue weighted by atomic mass is 16.5. The highest BCUT2D eigenvalue weighted by Crippen LogP contribution is 2.25. The quantitative estimate of drug-likeness (QED) is 0.612. The van der Waals surface area contributed by atoms with Gasteiger partial charge in [-0.15, -0.1) is 0 Å². The number of piperidine rings is 1. The van der Waals surface area contributed by atoms with Crippen molar-refractivity contribution in [2.75, 3.05) is 33.8 Å². The number of hydrogen-bond acceptors (Lipinski definition) is 7. The molecule has 172 valence electrons. The van der Waals surface area contributed by atoms with Gasteiger partial charge in [-0.1, -0.05) is 0 Å². The summed E-state index contributed by atoms with van der Waals surface area (Å²) in [6.45, 7) is 0.893. The number of nitriles is 1. The van der Waals surface area contributed by atoms with Crippen molar-refractivity contribution in [1.29, 1.82) is 5.26 Å². The van der Waals surface area contributed by atoms with Crippen molar-refractivity contribution < 1.29 is 14.6 Å². The number of carbonyl (C=O) groups excluding carboxylic acids is 1. The first-order valence-electron chi connectivity index (χ1n) is 10.5. The van der Waals surface area contributed by atoms with Crippen molar-refractivity contribution in [1.82, 2.24) is 29.1 Å². The Bertz CT molecular complexity index is 1250. The minimum absolute atomic E-state index is 0.0402. The van der Waals surface area contributed by atoms with Crippen molar-refractivity contribution in [2.45, 2.75) is 25.0 Å². The van der Waals surface area contributed by atoms with Crippen molar-refractivity contribution in [3.05, 3.63) is 47.1 Å². The second-order valence-corrected chi connectivity index (χ2v) is 8.30. The van der Waals surface area contributed by atoms with Crippen LogP contribution in [0.4, 0.5) is 4.79 Å². The zero-order valence-electron chi connectivity index (χ0n) is 18.5. The van der Waals surface area contributed by atoms with Crippen LogP contribution in [-0.2, 0) is 6.54 Å². The average molecular weight is 451 g/mol. The summed E-state index contributed by atoms with van der Waals surface area (Å²) in [5, 5.41) is 24.3. The third kappa shape index (κ3) is 4.51. The molecule has 0 aliphatic carbocycles. The van der Waals surface area contributed by atoms with E-state index in [1.807, 2.05) is 6.07 Å². The van der Waals surface area contributed by atoms with Gasteiger partial charge in [-0.3, -0.25) is 9.36 Å². The Labute approximate surface area is 190 Å². The lowest BCUT2D eigenvalue weighted by Gasteiger charge is -2.39. The number of fused-ring (bicyclic) bond motifs is 1. The van der Waals surface area contributed by atoms with Crippen LogP contribution in [0.25, 0.3) is 16.7 Å². The molecule has 1 N–H and O–H groups in total. The van der Waals surface area contributed by atoms with E-state index >= 15 is 0 Å². The Morgan fingerprint density at radius 3 is 2.61 bits per heavy atom. The number of rotatable bonds is 5. The third-order valence-electron chi connectivity index (χ3n) is 5.75. The molecule has 11 heteroatoms. The van der Waals surface area contributed by atoms with E-state index in [0.29, 0.717) is 48.4 Å². The average Bonchev–Trinajstić information content (AvgIpc) is 3.25. The van der Waals surface area contributed by atoms with Gasteiger partial charge in [-0.25, -0.2) is 14.5 Å². The first-order valence-corrected chi connectivity index (χ1v) is 10.5. The molecule has 0 unspecified atom stereocenters. The SMILES string of the molecule is CN(C)C(=O)N1CCC(O)(Cn2cnc3c(cnn3-c3ccc(OCC#N)cc3)c2=O)CC1. The van der Waals surface area contributed by atoms with Crippen LogP contribution in [0, 0.1) is 11.3 Å². The Morgan fingerprint density at radius 1 is 1.27 bits per heavy atom. The van der Waals surface area contributed by atoms with E-state index in [1.165, 1.54) is 22.0 Å². The summed E-state index contributed by atoms with van der Waals surface area (Å²) in [4.78, 5) is 32.8. The number of amides is 2. The summed E-state index contributed by atoms with van der Waals surface area (Å²) in [5.41, 5.74) is -0.298. The molecule has 1 aliphatic rings. The Kier molecular flexibility index (Phi) is 6.02. The molecular weight excluding hydrogens is 426 g/mol. The summed E-state index contributed by atoms with van der Waals surface area (Å²) in [6, 6.07) is 8.77. The number of benzene rings is 1. The third-order valence-corrected chi connectivity index (χ3v) is 5.75. The van der Waals surface area contributed by atoms with E-state index < -0.39 is 5.60 Å². The van der Waals surface area contributed by atoms with Gasteiger partial charge in [0.15, 0.2) is 12.3 Å². The van der Waals surface area contributed by atoms with Crippen molar-refractivity contribution >= 4 is 17.1 Å². The molecule has 2 aromatic heterocycles. The van der Waals surface area contributed by atoms with Crippen molar-refractivity contribution in [3.63, 3.8) is 0 Å². The van der Waals surface area contributed by atoms with Crippen LogP contribution in [0.1, 0.15) is 12.8 Å². The van der Waals surface area contributed by atoms with Gasteiger partial charge in [0.25, 0.3) is 5.56 Å². The van der Waals surface area contributed by atoms with E-state index in [1.54, 1.807) is 47.9 Å². The Balaban J connectivity index is 1.52. The molecule has 3 aromatic rings.